The predicted octanol–water partition coefficient (Wildman–Crippen LogP) is 2.69. The quantitative estimate of drug-likeness (QED) is 0.838. The smallest absolute Gasteiger partial charge is 0.408 e. The highest BCUT2D eigenvalue weighted by molar-refractivity contribution is 5.68. The second-order valence-electron chi connectivity index (χ2n) is 8.93. The van der Waals surface area contributed by atoms with Gasteiger partial charge in [-0.2, -0.15) is 0 Å². The van der Waals surface area contributed by atoms with Crippen LogP contribution in [0.1, 0.15) is 54.9 Å². The third-order valence-electron chi connectivity index (χ3n) is 4.70. The van der Waals surface area contributed by atoms with Crippen molar-refractivity contribution in [3.05, 3.63) is 0 Å². The van der Waals surface area contributed by atoms with E-state index in [4.69, 9.17) is 9.47 Å². The van der Waals surface area contributed by atoms with Crippen molar-refractivity contribution < 1.29 is 14.3 Å². The summed E-state index contributed by atoms with van der Waals surface area (Å²) in [6.45, 7) is 15.7. The lowest BCUT2D eigenvalue weighted by atomic mass is 9.57. The Hall–Kier alpha value is -0.810. The molecule has 1 aliphatic heterocycles. The summed E-state index contributed by atoms with van der Waals surface area (Å²) in [5.74, 6) is 0.604. The van der Waals surface area contributed by atoms with E-state index in [1.54, 1.807) is 0 Å². The van der Waals surface area contributed by atoms with Crippen molar-refractivity contribution in [3.8, 4) is 0 Å². The molecule has 3 atom stereocenters. The highest BCUT2D eigenvalue weighted by Crippen LogP contribution is 2.52. The fourth-order valence-corrected chi connectivity index (χ4v) is 3.73. The minimum atomic E-state index is -0.474. The van der Waals surface area contributed by atoms with Gasteiger partial charge in [0.25, 0.3) is 0 Å². The van der Waals surface area contributed by atoms with E-state index < -0.39 is 5.60 Å². The van der Waals surface area contributed by atoms with Crippen LogP contribution in [0.5, 0.6) is 0 Å². The van der Waals surface area contributed by atoms with Crippen molar-refractivity contribution >= 4 is 6.09 Å². The Balaban J connectivity index is 1.84. The average Bonchev–Trinajstić information content (AvgIpc) is 2.71. The Morgan fingerprint density at radius 2 is 1.91 bits per heavy atom. The van der Waals surface area contributed by atoms with E-state index >= 15 is 0 Å². The fourth-order valence-electron chi connectivity index (χ4n) is 3.73. The maximum Gasteiger partial charge on any atom is 0.408 e. The highest BCUT2D eigenvalue weighted by atomic mass is 16.6. The summed E-state index contributed by atoms with van der Waals surface area (Å²) in [5, 5.41) is 6.59. The van der Waals surface area contributed by atoms with Crippen LogP contribution in [-0.4, -0.2) is 42.5 Å². The topological polar surface area (TPSA) is 59.6 Å². The average molecular weight is 312 g/mol. The molecule has 128 valence electrons. The van der Waals surface area contributed by atoms with E-state index in [2.05, 4.69) is 24.5 Å². The first kappa shape index (κ1) is 17.5. The van der Waals surface area contributed by atoms with E-state index in [0.717, 1.165) is 13.0 Å². The van der Waals surface area contributed by atoms with Gasteiger partial charge in [-0.25, -0.2) is 4.79 Å². The number of alkyl carbamates (subject to hydrolysis) is 1. The van der Waals surface area contributed by atoms with Gasteiger partial charge in [0.1, 0.15) is 5.60 Å². The summed E-state index contributed by atoms with van der Waals surface area (Å²) in [4.78, 5) is 11.9. The van der Waals surface area contributed by atoms with Crippen LogP contribution >= 0.6 is 0 Å². The molecule has 0 bridgehead atoms. The fraction of sp³-hybridized carbons (Fsp3) is 0.941. The molecule has 2 fully saturated rings. The van der Waals surface area contributed by atoms with Gasteiger partial charge in [-0.3, -0.25) is 0 Å². The lowest BCUT2D eigenvalue weighted by molar-refractivity contribution is -0.113. The van der Waals surface area contributed by atoms with E-state index in [1.165, 1.54) is 0 Å². The molecule has 1 amide bonds. The third-order valence-corrected chi connectivity index (χ3v) is 4.70. The number of amides is 1. The second-order valence-corrected chi connectivity index (χ2v) is 8.93. The van der Waals surface area contributed by atoms with E-state index in [0.29, 0.717) is 24.6 Å². The molecule has 0 radical (unpaired) electrons. The Bertz CT molecular complexity index is 426. The van der Waals surface area contributed by atoms with Crippen LogP contribution < -0.4 is 10.6 Å². The van der Waals surface area contributed by atoms with Crippen LogP contribution in [0, 0.1) is 11.3 Å². The number of fused-ring (bicyclic) bond motifs is 1. The lowest BCUT2D eigenvalue weighted by Gasteiger charge is -2.55. The Labute approximate surface area is 134 Å². The Kier molecular flexibility index (Phi) is 4.53. The first-order valence-electron chi connectivity index (χ1n) is 8.28. The standard InChI is InChI=1S/C17H32N2O3/c1-15(2,3)22-14(20)19-16(4,5)10-18-12-11-8-9-21-13(11)17(12,6)7/h11-13,18H,8-10H2,1-7H3,(H,19,20)/t11-,12-,13+/m1/s1. The van der Waals surface area contributed by atoms with Crippen LogP contribution in [0.2, 0.25) is 0 Å². The number of carbonyl (C=O) groups excluding carboxylic acids is 1. The number of carbonyl (C=O) groups is 1. The molecule has 5 heteroatoms. The molecule has 1 aliphatic carbocycles. The van der Waals surface area contributed by atoms with Gasteiger partial charge >= 0.3 is 6.09 Å². The maximum atomic E-state index is 11.9. The summed E-state index contributed by atoms with van der Waals surface area (Å²) in [7, 11) is 0. The first-order valence-corrected chi connectivity index (χ1v) is 8.28. The van der Waals surface area contributed by atoms with Crippen LogP contribution in [0.3, 0.4) is 0 Å². The van der Waals surface area contributed by atoms with Gasteiger partial charge < -0.3 is 20.1 Å². The minimum Gasteiger partial charge on any atom is -0.444 e. The van der Waals surface area contributed by atoms with E-state index in [-0.39, 0.29) is 17.0 Å². The van der Waals surface area contributed by atoms with Crippen molar-refractivity contribution in [2.45, 2.75) is 78.2 Å². The molecule has 0 aromatic carbocycles. The molecule has 2 rings (SSSR count). The molecular formula is C17H32N2O3. The summed E-state index contributed by atoms with van der Waals surface area (Å²) in [6, 6.07) is 0.444. The van der Waals surface area contributed by atoms with Gasteiger partial charge in [0.05, 0.1) is 11.6 Å². The lowest BCUT2D eigenvalue weighted by Crippen LogP contribution is -2.68. The van der Waals surface area contributed by atoms with Crippen molar-refractivity contribution in [3.63, 3.8) is 0 Å². The summed E-state index contributed by atoms with van der Waals surface area (Å²) in [5.41, 5.74) is -0.676. The second kappa shape index (κ2) is 5.68. The van der Waals surface area contributed by atoms with Gasteiger partial charge in [0, 0.05) is 30.5 Å². The SMILES string of the molecule is CC(C)(CN[C@@H]1[C@H]2CCO[C@@H]2C1(C)C)NC(=O)OC(C)(C)C. The number of nitrogens with one attached hydrogen (secondary N) is 2. The van der Waals surface area contributed by atoms with E-state index in [1.807, 2.05) is 34.6 Å². The van der Waals surface area contributed by atoms with Crippen LogP contribution in [0.25, 0.3) is 0 Å². The molecular weight excluding hydrogens is 280 g/mol. The molecule has 5 nitrogen and oxygen atoms in total. The molecule has 1 heterocycles. The number of ether oxygens (including phenoxy) is 2. The Morgan fingerprint density at radius 1 is 1.27 bits per heavy atom. The number of hydrogen-bond donors (Lipinski definition) is 2. The van der Waals surface area contributed by atoms with Gasteiger partial charge in [-0.1, -0.05) is 13.8 Å². The normalized spacial score (nSPS) is 30.4. The number of hydrogen-bond acceptors (Lipinski definition) is 4. The van der Waals surface area contributed by atoms with Crippen molar-refractivity contribution in [2.75, 3.05) is 13.2 Å². The zero-order valence-electron chi connectivity index (χ0n) is 15.1. The number of rotatable bonds is 4. The van der Waals surface area contributed by atoms with Crippen LogP contribution in [0.15, 0.2) is 0 Å². The predicted molar refractivity (Wildman–Crippen MR) is 86.9 cm³/mol. The van der Waals surface area contributed by atoms with Gasteiger partial charge in [-0.05, 0) is 41.0 Å². The molecule has 0 aromatic heterocycles. The zero-order valence-corrected chi connectivity index (χ0v) is 15.1. The molecule has 1 saturated heterocycles. The Morgan fingerprint density at radius 3 is 2.50 bits per heavy atom. The van der Waals surface area contributed by atoms with Crippen LogP contribution in [0.4, 0.5) is 4.79 Å². The molecule has 22 heavy (non-hydrogen) atoms. The molecule has 2 N–H and O–H groups in total. The first-order chi connectivity index (χ1) is 9.92. The molecule has 2 aliphatic rings. The molecule has 0 spiro atoms. The minimum absolute atomic E-state index is 0.156. The summed E-state index contributed by atoms with van der Waals surface area (Å²) < 4.78 is 11.2. The largest absolute Gasteiger partial charge is 0.444 e. The highest BCUT2D eigenvalue weighted by Gasteiger charge is 2.59. The molecule has 0 aromatic rings. The third kappa shape index (κ3) is 3.74. The molecule has 1 saturated carbocycles. The van der Waals surface area contributed by atoms with Gasteiger partial charge in [-0.15, -0.1) is 0 Å². The summed E-state index contributed by atoms with van der Waals surface area (Å²) in [6.07, 6.45) is 1.15. The summed E-state index contributed by atoms with van der Waals surface area (Å²) >= 11 is 0. The zero-order chi connectivity index (χ0) is 16.8. The monoisotopic (exact) mass is 312 g/mol. The van der Waals surface area contributed by atoms with Crippen LogP contribution in [-0.2, 0) is 9.47 Å². The van der Waals surface area contributed by atoms with Gasteiger partial charge in [0.15, 0.2) is 0 Å². The van der Waals surface area contributed by atoms with Gasteiger partial charge in [0.2, 0.25) is 0 Å². The van der Waals surface area contributed by atoms with E-state index in [9.17, 15) is 4.79 Å². The van der Waals surface area contributed by atoms with Crippen molar-refractivity contribution in [1.29, 1.82) is 0 Å². The van der Waals surface area contributed by atoms with Crippen molar-refractivity contribution in [2.24, 2.45) is 11.3 Å². The maximum absolute atomic E-state index is 11.9. The van der Waals surface area contributed by atoms with Crippen molar-refractivity contribution in [1.82, 2.24) is 10.6 Å². The molecule has 0 unspecified atom stereocenters.